The summed E-state index contributed by atoms with van der Waals surface area (Å²) < 4.78 is 16.9. The minimum atomic E-state index is 0.173. The van der Waals surface area contributed by atoms with Crippen LogP contribution < -0.4 is 14.8 Å². The molecule has 0 fully saturated rings. The van der Waals surface area contributed by atoms with Crippen molar-refractivity contribution in [3.05, 3.63) is 47.0 Å². The summed E-state index contributed by atoms with van der Waals surface area (Å²) in [6.07, 6.45) is 9.53. The van der Waals surface area contributed by atoms with Gasteiger partial charge in [-0.05, 0) is 64.2 Å². The molecule has 0 aliphatic carbocycles. The summed E-state index contributed by atoms with van der Waals surface area (Å²) in [6, 6.07) is 6.30. The first-order valence-electron chi connectivity index (χ1n) is 11.3. The van der Waals surface area contributed by atoms with E-state index in [-0.39, 0.29) is 12.6 Å². The third-order valence-electron chi connectivity index (χ3n) is 5.28. The van der Waals surface area contributed by atoms with Gasteiger partial charge in [0, 0.05) is 18.3 Å². The Kier molecular flexibility index (Phi) is 11.0. The molecule has 1 aromatic rings. The second-order valence-electron chi connectivity index (χ2n) is 7.81. The molecule has 0 bridgehead atoms. The number of benzene rings is 1. The normalized spacial score (nSPS) is 15.2. The minimum Gasteiger partial charge on any atom is -0.490 e. The number of aliphatic imine (C=N–C) groups is 1. The highest BCUT2D eigenvalue weighted by atomic mass is 16.7. The van der Waals surface area contributed by atoms with E-state index in [2.05, 4.69) is 23.3 Å². The van der Waals surface area contributed by atoms with Crippen molar-refractivity contribution in [3.8, 4) is 11.5 Å². The number of hydrogen-bond acceptors (Lipinski definition) is 6. The maximum absolute atomic E-state index is 9.40. The first-order valence-corrected chi connectivity index (χ1v) is 11.3. The SMILES string of the molecule is C/C=C(C)/N=C\C(OCCCc1ccc2c(c1)OCO2)=C(/C)N[C@H](CCO)CCCC. The monoisotopic (exact) mass is 430 g/mol. The predicted molar refractivity (Wildman–Crippen MR) is 126 cm³/mol. The second kappa shape index (κ2) is 13.8. The molecule has 0 unspecified atom stereocenters. The van der Waals surface area contributed by atoms with Gasteiger partial charge in [-0.25, -0.2) is 0 Å². The fourth-order valence-corrected chi connectivity index (χ4v) is 3.30. The molecule has 1 atom stereocenters. The van der Waals surface area contributed by atoms with Crippen LogP contribution in [0.25, 0.3) is 0 Å². The Hall–Kier alpha value is -2.47. The summed E-state index contributed by atoms with van der Waals surface area (Å²) in [7, 11) is 0. The Morgan fingerprint density at radius 1 is 1.23 bits per heavy atom. The highest BCUT2D eigenvalue weighted by molar-refractivity contribution is 5.77. The molecular weight excluding hydrogens is 392 g/mol. The molecule has 1 aliphatic rings. The number of nitrogens with one attached hydrogen (secondary N) is 1. The number of ether oxygens (including phenoxy) is 3. The lowest BCUT2D eigenvalue weighted by Crippen LogP contribution is -2.30. The molecule has 6 heteroatoms. The molecule has 1 heterocycles. The summed E-state index contributed by atoms with van der Waals surface area (Å²) in [5, 5.41) is 12.9. The smallest absolute Gasteiger partial charge is 0.231 e. The van der Waals surface area contributed by atoms with Crippen LogP contribution in [0.15, 0.2) is 46.4 Å². The third-order valence-corrected chi connectivity index (χ3v) is 5.28. The van der Waals surface area contributed by atoms with Crippen LogP contribution >= 0.6 is 0 Å². The average Bonchev–Trinajstić information content (AvgIpc) is 3.24. The van der Waals surface area contributed by atoms with Gasteiger partial charge in [-0.2, -0.15) is 0 Å². The van der Waals surface area contributed by atoms with Crippen molar-refractivity contribution in [3.63, 3.8) is 0 Å². The summed E-state index contributed by atoms with van der Waals surface area (Å²) in [6.45, 7) is 9.18. The molecule has 2 N–H and O–H groups in total. The van der Waals surface area contributed by atoms with Crippen molar-refractivity contribution in [2.24, 2.45) is 4.99 Å². The molecule has 0 aromatic heterocycles. The van der Waals surface area contributed by atoms with Gasteiger partial charge in [0.15, 0.2) is 17.3 Å². The highest BCUT2D eigenvalue weighted by Gasteiger charge is 2.13. The molecule has 1 aromatic carbocycles. The van der Waals surface area contributed by atoms with Gasteiger partial charge in [-0.15, -0.1) is 0 Å². The molecule has 0 spiro atoms. The van der Waals surface area contributed by atoms with Crippen LogP contribution in [0.5, 0.6) is 11.5 Å². The summed E-state index contributed by atoms with van der Waals surface area (Å²) >= 11 is 0. The Morgan fingerprint density at radius 3 is 2.77 bits per heavy atom. The van der Waals surface area contributed by atoms with Crippen molar-refractivity contribution in [1.29, 1.82) is 0 Å². The average molecular weight is 431 g/mol. The number of hydrogen-bond donors (Lipinski definition) is 2. The van der Waals surface area contributed by atoms with Gasteiger partial charge in [0.2, 0.25) is 6.79 Å². The van der Waals surface area contributed by atoms with E-state index >= 15 is 0 Å². The van der Waals surface area contributed by atoms with Gasteiger partial charge in [-0.1, -0.05) is 31.9 Å². The van der Waals surface area contributed by atoms with E-state index in [0.29, 0.717) is 13.4 Å². The third kappa shape index (κ3) is 8.66. The first-order chi connectivity index (χ1) is 15.1. The van der Waals surface area contributed by atoms with Crippen LogP contribution in [0.3, 0.4) is 0 Å². The van der Waals surface area contributed by atoms with E-state index in [4.69, 9.17) is 14.2 Å². The van der Waals surface area contributed by atoms with Crippen molar-refractivity contribution < 1.29 is 19.3 Å². The first kappa shape index (κ1) is 24.8. The van der Waals surface area contributed by atoms with Crippen molar-refractivity contribution >= 4 is 6.21 Å². The molecule has 1 aliphatic heterocycles. The lowest BCUT2D eigenvalue weighted by molar-refractivity contribution is 0.174. The number of unbranched alkanes of at least 4 members (excludes halogenated alkanes) is 1. The molecule has 2 rings (SSSR count). The largest absolute Gasteiger partial charge is 0.490 e. The molecule has 6 nitrogen and oxygen atoms in total. The van der Waals surface area contributed by atoms with Gasteiger partial charge in [0.1, 0.15) is 0 Å². The molecule has 172 valence electrons. The number of rotatable bonds is 14. The zero-order valence-corrected chi connectivity index (χ0v) is 19.4. The number of nitrogens with zero attached hydrogens (tertiary/aromatic N) is 1. The molecule has 0 saturated carbocycles. The summed E-state index contributed by atoms with van der Waals surface area (Å²) in [5.74, 6) is 2.37. The Bertz CT molecular complexity index is 771. The predicted octanol–water partition coefficient (Wildman–Crippen LogP) is 5.12. The Morgan fingerprint density at radius 2 is 2.03 bits per heavy atom. The molecule has 0 amide bonds. The van der Waals surface area contributed by atoms with Crippen molar-refractivity contribution in [2.75, 3.05) is 20.0 Å². The van der Waals surface area contributed by atoms with Crippen LogP contribution in [0.2, 0.25) is 0 Å². The van der Waals surface area contributed by atoms with Crippen molar-refractivity contribution in [1.82, 2.24) is 5.32 Å². The number of allylic oxidation sites excluding steroid dienone is 4. The van der Waals surface area contributed by atoms with Gasteiger partial charge in [0.25, 0.3) is 0 Å². The molecular formula is C25H38N2O4. The summed E-state index contributed by atoms with van der Waals surface area (Å²) in [4.78, 5) is 4.49. The van der Waals surface area contributed by atoms with Crippen molar-refractivity contribution in [2.45, 2.75) is 72.3 Å². The van der Waals surface area contributed by atoms with Crippen LogP contribution in [0.1, 0.15) is 65.4 Å². The molecule has 0 saturated heterocycles. The van der Waals surface area contributed by atoms with E-state index in [9.17, 15) is 5.11 Å². The maximum Gasteiger partial charge on any atom is 0.231 e. The zero-order chi connectivity index (χ0) is 22.5. The standard InChI is InChI=1S/C25H38N2O4/c1-5-7-10-22(13-14-28)27-20(4)25(17-26-19(3)6-2)29-15-8-9-21-11-12-23-24(16-21)31-18-30-23/h6,11-12,16-17,22,27-28H,5,7-10,13-15,18H2,1-4H3/b19-6+,25-20-,26-17-/t22-/m0/s1. The van der Waals surface area contributed by atoms with E-state index in [1.165, 1.54) is 5.56 Å². The van der Waals surface area contributed by atoms with Gasteiger partial charge in [-0.3, -0.25) is 4.99 Å². The van der Waals surface area contributed by atoms with Crippen LogP contribution in [0.4, 0.5) is 0 Å². The quantitative estimate of drug-likeness (QED) is 0.243. The maximum atomic E-state index is 9.40. The van der Waals surface area contributed by atoms with E-state index < -0.39 is 0 Å². The van der Waals surface area contributed by atoms with Gasteiger partial charge < -0.3 is 24.6 Å². The van der Waals surface area contributed by atoms with Crippen LogP contribution in [0, 0.1) is 0 Å². The fourth-order valence-electron chi connectivity index (χ4n) is 3.30. The fraction of sp³-hybridized carbons (Fsp3) is 0.560. The van der Waals surface area contributed by atoms with Crippen LogP contribution in [-0.4, -0.2) is 37.4 Å². The number of aliphatic hydroxyl groups is 1. The Labute approximate surface area is 187 Å². The van der Waals surface area contributed by atoms with Gasteiger partial charge in [0.05, 0.1) is 18.5 Å². The topological polar surface area (TPSA) is 72.3 Å². The lowest BCUT2D eigenvalue weighted by Gasteiger charge is -2.21. The van der Waals surface area contributed by atoms with Gasteiger partial charge >= 0.3 is 0 Å². The Balaban J connectivity index is 1.97. The van der Waals surface area contributed by atoms with E-state index in [0.717, 1.165) is 67.2 Å². The highest BCUT2D eigenvalue weighted by Crippen LogP contribution is 2.32. The number of aryl methyl sites for hydroxylation is 1. The zero-order valence-electron chi connectivity index (χ0n) is 19.4. The van der Waals surface area contributed by atoms with E-state index in [1.807, 2.05) is 39.0 Å². The molecule has 31 heavy (non-hydrogen) atoms. The lowest BCUT2D eigenvalue weighted by atomic mass is 10.1. The summed E-state index contributed by atoms with van der Waals surface area (Å²) in [5.41, 5.74) is 3.09. The number of fused-ring (bicyclic) bond motifs is 1. The molecule has 0 radical (unpaired) electrons. The van der Waals surface area contributed by atoms with Crippen LogP contribution in [-0.2, 0) is 11.2 Å². The van der Waals surface area contributed by atoms with E-state index in [1.54, 1.807) is 6.21 Å². The second-order valence-corrected chi connectivity index (χ2v) is 7.81. The minimum absolute atomic E-state index is 0.173. The number of aliphatic hydroxyl groups excluding tert-OH is 1.